The normalized spacial score (nSPS) is 17.9. The topological polar surface area (TPSA) is 29.5 Å². The molecule has 0 saturated carbocycles. The number of ether oxygens (including phenoxy) is 1. The Morgan fingerprint density at radius 1 is 1.24 bits per heavy atom. The van der Waals surface area contributed by atoms with Crippen molar-refractivity contribution in [3.8, 4) is 5.75 Å². The van der Waals surface area contributed by atoms with Crippen LogP contribution >= 0.6 is 0 Å². The fourth-order valence-corrected chi connectivity index (χ4v) is 2.69. The van der Waals surface area contributed by atoms with E-state index in [1.165, 1.54) is 5.56 Å². The van der Waals surface area contributed by atoms with Crippen LogP contribution in [0.3, 0.4) is 0 Å². The van der Waals surface area contributed by atoms with Gasteiger partial charge in [0.1, 0.15) is 5.75 Å². The predicted molar refractivity (Wildman–Crippen MR) is 85.6 cm³/mol. The molecule has 21 heavy (non-hydrogen) atoms. The molecule has 1 amide bonds. The summed E-state index contributed by atoms with van der Waals surface area (Å²) < 4.78 is 5.86. The predicted octanol–water partition coefficient (Wildman–Crippen LogP) is 3.84. The maximum Gasteiger partial charge on any atom is 0.263 e. The largest absolute Gasteiger partial charge is 0.481 e. The van der Waals surface area contributed by atoms with Crippen molar-refractivity contribution in [2.24, 2.45) is 5.92 Å². The summed E-state index contributed by atoms with van der Waals surface area (Å²) in [5.41, 5.74) is 1.24. The second-order valence-corrected chi connectivity index (χ2v) is 6.50. The maximum absolute atomic E-state index is 12.4. The smallest absolute Gasteiger partial charge is 0.263 e. The van der Waals surface area contributed by atoms with Gasteiger partial charge >= 0.3 is 0 Å². The molecule has 1 aromatic rings. The van der Waals surface area contributed by atoms with Gasteiger partial charge in [-0.25, -0.2) is 0 Å². The van der Waals surface area contributed by atoms with Crippen molar-refractivity contribution in [2.45, 2.75) is 52.6 Å². The summed E-state index contributed by atoms with van der Waals surface area (Å²) in [6.45, 7) is 10.1. The van der Waals surface area contributed by atoms with Crippen LogP contribution in [0, 0.1) is 5.92 Å². The molecular formula is C18H27NO2. The standard InChI is InChI=1S/C18H27NO2/c1-13(2)16-6-5-7-17(12-16)21-15(4)18(20)19-10-8-14(3)9-11-19/h5-7,12-15H,8-11H2,1-4H3. The van der Waals surface area contributed by atoms with Crippen LogP contribution in [0.25, 0.3) is 0 Å². The molecule has 0 spiro atoms. The van der Waals surface area contributed by atoms with Crippen LogP contribution in [0.15, 0.2) is 24.3 Å². The van der Waals surface area contributed by atoms with Crippen LogP contribution in [0.2, 0.25) is 0 Å². The summed E-state index contributed by atoms with van der Waals surface area (Å²) in [7, 11) is 0. The molecule has 0 N–H and O–H groups in total. The van der Waals surface area contributed by atoms with Gasteiger partial charge in [0.15, 0.2) is 6.10 Å². The average Bonchev–Trinajstić information content (AvgIpc) is 2.47. The van der Waals surface area contributed by atoms with Gasteiger partial charge in [-0.15, -0.1) is 0 Å². The Labute approximate surface area is 128 Å². The minimum atomic E-state index is -0.416. The first-order chi connectivity index (χ1) is 9.97. The number of hydrogen-bond donors (Lipinski definition) is 0. The lowest BCUT2D eigenvalue weighted by Crippen LogP contribution is -2.44. The minimum absolute atomic E-state index is 0.108. The highest BCUT2D eigenvalue weighted by molar-refractivity contribution is 5.81. The molecule has 1 heterocycles. The van der Waals surface area contributed by atoms with Gasteiger partial charge in [0.05, 0.1) is 0 Å². The monoisotopic (exact) mass is 289 g/mol. The Hall–Kier alpha value is -1.51. The summed E-state index contributed by atoms with van der Waals surface area (Å²) in [6.07, 6.45) is 1.78. The molecule has 1 saturated heterocycles. The van der Waals surface area contributed by atoms with Crippen LogP contribution in [-0.4, -0.2) is 30.0 Å². The highest BCUT2D eigenvalue weighted by Crippen LogP contribution is 2.22. The van der Waals surface area contributed by atoms with Crippen LogP contribution in [0.5, 0.6) is 5.75 Å². The van der Waals surface area contributed by atoms with E-state index in [0.29, 0.717) is 5.92 Å². The lowest BCUT2D eigenvalue weighted by Gasteiger charge is -2.32. The average molecular weight is 289 g/mol. The first-order valence-corrected chi connectivity index (χ1v) is 8.02. The highest BCUT2D eigenvalue weighted by atomic mass is 16.5. The van der Waals surface area contributed by atoms with E-state index in [4.69, 9.17) is 4.74 Å². The van der Waals surface area contributed by atoms with Crippen molar-refractivity contribution in [1.82, 2.24) is 4.90 Å². The second-order valence-electron chi connectivity index (χ2n) is 6.50. The maximum atomic E-state index is 12.4. The van der Waals surface area contributed by atoms with E-state index in [2.05, 4.69) is 26.8 Å². The number of benzene rings is 1. The molecule has 2 rings (SSSR count). The summed E-state index contributed by atoms with van der Waals surface area (Å²) in [5, 5.41) is 0. The molecular weight excluding hydrogens is 262 g/mol. The number of rotatable bonds is 4. The fraction of sp³-hybridized carbons (Fsp3) is 0.611. The molecule has 0 aliphatic carbocycles. The van der Waals surface area contributed by atoms with Crippen LogP contribution in [-0.2, 0) is 4.79 Å². The van der Waals surface area contributed by atoms with Crippen LogP contribution in [0.4, 0.5) is 0 Å². The molecule has 3 nitrogen and oxygen atoms in total. The van der Waals surface area contributed by atoms with Crippen molar-refractivity contribution >= 4 is 5.91 Å². The van der Waals surface area contributed by atoms with Crippen molar-refractivity contribution < 1.29 is 9.53 Å². The molecule has 1 aliphatic heterocycles. The zero-order valence-corrected chi connectivity index (χ0v) is 13.6. The summed E-state index contributed by atoms with van der Waals surface area (Å²) >= 11 is 0. The van der Waals surface area contributed by atoms with Gasteiger partial charge < -0.3 is 9.64 Å². The number of likely N-dealkylation sites (tertiary alicyclic amines) is 1. The van der Waals surface area contributed by atoms with Crippen LogP contribution in [0.1, 0.15) is 52.0 Å². The Morgan fingerprint density at radius 3 is 2.52 bits per heavy atom. The molecule has 0 bridgehead atoms. The summed E-state index contributed by atoms with van der Waals surface area (Å²) in [6, 6.07) is 8.04. The van der Waals surface area contributed by atoms with Gasteiger partial charge in [0.25, 0.3) is 5.91 Å². The third-order valence-electron chi connectivity index (χ3n) is 4.28. The lowest BCUT2D eigenvalue weighted by atomic mass is 9.99. The van der Waals surface area contributed by atoms with E-state index in [9.17, 15) is 4.79 Å². The Balaban J connectivity index is 1.95. The van der Waals surface area contributed by atoms with Crippen molar-refractivity contribution in [2.75, 3.05) is 13.1 Å². The number of piperidine rings is 1. The van der Waals surface area contributed by atoms with Crippen molar-refractivity contribution in [3.05, 3.63) is 29.8 Å². The van der Waals surface area contributed by atoms with E-state index < -0.39 is 6.10 Å². The third kappa shape index (κ3) is 4.23. The molecule has 3 heteroatoms. The van der Waals surface area contributed by atoms with E-state index in [1.54, 1.807) is 0 Å². The first kappa shape index (κ1) is 15.9. The molecule has 1 fully saturated rings. The molecule has 0 aromatic heterocycles. The van der Waals surface area contributed by atoms with Crippen molar-refractivity contribution in [1.29, 1.82) is 0 Å². The zero-order chi connectivity index (χ0) is 15.4. The number of carbonyl (C=O) groups is 1. The van der Waals surface area contributed by atoms with Gasteiger partial charge in [0.2, 0.25) is 0 Å². The molecule has 0 radical (unpaired) electrons. The minimum Gasteiger partial charge on any atom is -0.481 e. The van der Waals surface area contributed by atoms with E-state index in [1.807, 2.05) is 30.0 Å². The number of amides is 1. The van der Waals surface area contributed by atoms with Gasteiger partial charge in [-0.3, -0.25) is 4.79 Å². The van der Waals surface area contributed by atoms with Gasteiger partial charge in [0, 0.05) is 13.1 Å². The molecule has 1 atom stereocenters. The first-order valence-electron chi connectivity index (χ1n) is 8.02. The molecule has 1 aromatic carbocycles. The molecule has 1 unspecified atom stereocenters. The van der Waals surface area contributed by atoms with Crippen molar-refractivity contribution in [3.63, 3.8) is 0 Å². The van der Waals surface area contributed by atoms with E-state index in [-0.39, 0.29) is 5.91 Å². The number of carbonyl (C=O) groups excluding carboxylic acids is 1. The van der Waals surface area contributed by atoms with E-state index >= 15 is 0 Å². The summed E-state index contributed by atoms with van der Waals surface area (Å²) in [5.74, 6) is 2.08. The second kappa shape index (κ2) is 6.97. The fourth-order valence-electron chi connectivity index (χ4n) is 2.69. The lowest BCUT2D eigenvalue weighted by molar-refractivity contribution is -0.139. The zero-order valence-electron chi connectivity index (χ0n) is 13.6. The van der Waals surface area contributed by atoms with Gasteiger partial charge in [-0.1, -0.05) is 32.9 Å². The number of hydrogen-bond acceptors (Lipinski definition) is 2. The SMILES string of the molecule is CC1CCN(C(=O)C(C)Oc2cccc(C(C)C)c2)CC1. The molecule has 116 valence electrons. The Kier molecular flexibility index (Phi) is 5.27. The third-order valence-corrected chi connectivity index (χ3v) is 4.28. The summed E-state index contributed by atoms with van der Waals surface area (Å²) in [4.78, 5) is 14.4. The van der Waals surface area contributed by atoms with Gasteiger partial charge in [-0.2, -0.15) is 0 Å². The Bertz CT molecular complexity index is 476. The number of nitrogens with zero attached hydrogens (tertiary/aromatic N) is 1. The quantitative estimate of drug-likeness (QED) is 0.843. The van der Waals surface area contributed by atoms with Gasteiger partial charge in [-0.05, 0) is 49.3 Å². The van der Waals surface area contributed by atoms with E-state index in [0.717, 1.165) is 37.6 Å². The molecule has 1 aliphatic rings. The van der Waals surface area contributed by atoms with Crippen LogP contribution < -0.4 is 4.74 Å². The Morgan fingerprint density at radius 2 is 1.90 bits per heavy atom. The highest BCUT2D eigenvalue weighted by Gasteiger charge is 2.25.